The van der Waals surface area contributed by atoms with Crippen LogP contribution in [-0.2, 0) is 9.59 Å². The molecule has 0 spiro atoms. The van der Waals surface area contributed by atoms with Gasteiger partial charge in [0.05, 0.1) is 35.5 Å². The van der Waals surface area contributed by atoms with Crippen molar-refractivity contribution in [3.63, 3.8) is 0 Å². The second kappa shape index (κ2) is 14.7. The van der Waals surface area contributed by atoms with E-state index in [0.29, 0.717) is 54.2 Å². The Balaban J connectivity index is 1.35. The highest BCUT2D eigenvalue weighted by molar-refractivity contribution is 6.01. The Labute approximate surface area is 266 Å². The van der Waals surface area contributed by atoms with Gasteiger partial charge in [-0.25, -0.2) is 4.39 Å². The number of piperazine rings is 1. The number of nitriles is 1. The number of carbonyl (C=O) groups excluding carboxylic acids is 3. The Kier molecular flexibility index (Phi) is 10.3. The fourth-order valence-electron chi connectivity index (χ4n) is 6.04. The van der Waals surface area contributed by atoms with Crippen LogP contribution < -0.4 is 15.5 Å². The number of carboxylic acids is 1. The van der Waals surface area contributed by atoms with Gasteiger partial charge in [0.2, 0.25) is 5.91 Å². The SMILES string of the molecule is N#Cc1ccc(C(=O)N2CCN(c3ccc(C(=O)NC(CC(=O)O)c4ccc(F)cc4)cc3NC(=O)C3CCCCC3)CC2)cc1. The van der Waals surface area contributed by atoms with E-state index in [-0.39, 0.29) is 23.3 Å². The first-order valence-electron chi connectivity index (χ1n) is 15.5. The number of carboxylic acid groups (broad SMARTS) is 1. The molecule has 1 saturated carbocycles. The first-order chi connectivity index (χ1) is 22.2. The normalized spacial score (nSPS) is 15.8. The first-order valence-corrected chi connectivity index (χ1v) is 15.5. The third-order valence-corrected chi connectivity index (χ3v) is 8.62. The predicted molar refractivity (Wildman–Crippen MR) is 170 cm³/mol. The van der Waals surface area contributed by atoms with Crippen LogP contribution in [0.1, 0.15) is 76.4 Å². The highest BCUT2D eigenvalue weighted by atomic mass is 19.1. The first kappa shape index (κ1) is 32.2. The van der Waals surface area contributed by atoms with E-state index in [2.05, 4.69) is 21.6 Å². The van der Waals surface area contributed by atoms with Gasteiger partial charge in [-0.1, -0.05) is 31.4 Å². The van der Waals surface area contributed by atoms with E-state index in [4.69, 9.17) is 5.26 Å². The van der Waals surface area contributed by atoms with Gasteiger partial charge in [-0.05, 0) is 73.0 Å². The van der Waals surface area contributed by atoms with Gasteiger partial charge in [0.15, 0.2) is 0 Å². The van der Waals surface area contributed by atoms with E-state index in [9.17, 15) is 28.7 Å². The smallest absolute Gasteiger partial charge is 0.305 e. The molecule has 3 N–H and O–H groups in total. The van der Waals surface area contributed by atoms with E-state index in [1.165, 1.54) is 24.3 Å². The number of halogens is 1. The molecule has 11 heteroatoms. The average Bonchev–Trinajstić information content (AvgIpc) is 3.08. The summed E-state index contributed by atoms with van der Waals surface area (Å²) in [4.78, 5) is 55.2. The highest BCUT2D eigenvalue weighted by Gasteiger charge is 2.27. The Morgan fingerprint density at radius 1 is 0.891 bits per heavy atom. The molecule has 1 atom stereocenters. The number of carbonyl (C=O) groups is 4. The summed E-state index contributed by atoms with van der Waals surface area (Å²) in [5.74, 6) is -2.49. The van der Waals surface area contributed by atoms with Crippen LogP contribution in [0.4, 0.5) is 15.8 Å². The molecule has 3 aromatic rings. The Hall–Kier alpha value is -5.24. The molecule has 1 aliphatic carbocycles. The van der Waals surface area contributed by atoms with Crippen molar-refractivity contribution < 1.29 is 28.7 Å². The van der Waals surface area contributed by atoms with Crippen molar-refractivity contribution in [1.82, 2.24) is 10.2 Å². The molecule has 238 valence electrons. The minimum absolute atomic E-state index is 0.108. The zero-order valence-electron chi connectivity index (χ0n) is 25.4. The van der Waals surface area contributed by atoms with Crippen LogP contribution in [0.25, 0.3) is 0 Å². The van der Waals surface area contributed by atoms with Gasteiger partial charge in [-0.2, -0.15) is 5.26 Å². The van der Waals surface area contributed by atoms with Gasteiger partial charge < -0.3 is 25.5 Å². The number of nitrogens with zero attached hydrogens (tertiary/aromatic N) is 3. The van der Waals surface area contributed by atoms with E-state index in [1.54, 1.807) is 47.4 Å². The minimum atomic E-state index is -1.12. The molecule has 46 heavy (non-hydrogen) atoms. The third kappa shape index (κ3) is 7.88. The summed E-state index contributed by atoms with van der Waals surface area (Å²) >= 11 is 0. The molecule has 1 unspecified atom stereocenters. The Morgan fingerprint density at radius 2 is 1.54 bits per heavy atom. The number of rotatable bonds is 9. The summed E-state index contributed by atoms with van der Waals surface area (Å²) in [7, 11) is 0. The zero-order valence-corrected chi connectivity index (χ0v) is 25.4. The quantitative estimate of drug-likeness (QED) is 0.299. The molecule has 0 bridgehead atoms. The van der Waals surface area contributed by atoms with Gasteiger partial charge in [-0.3, -0.25) is 19.2 Å². The highest BCUT2D eigenvalue weighted by Crippen LogP contribution is 2.32. The molecule has 3 amide bonds. The van der Waals surface area contributed by atoms with Gasteiger partial charge in [0.1, 0.15) is 5.82 Å². The third-order valence-electron chi connectivity index (χ3n) is 8.62. The van der Waals surface area contributed by atoms with Gasteiger partial charge in [0, 0.05) is 43.2 Å². The van der Waals surface area contributed by atoms with Crippen molar-refractivity contribution in [3.8, 4) is 6.07 Å². The summed E-state index contributed by atoms with van der Waals surface area (Å²) in [6.45, 7) is 1.85. The lowest BCUT2D eigenvalue weighted by Gasteiger charge is -2.37. The number of benzene rings is 3. The number of amides is 3. The van der Waals surface area contributed by atoms with Crippen molar-refractivity contribution in [2.45, 2.75) is 44.6 Å². The summed E-state index contributed by atoms with van der Waals surface area (Å²) in [6, 6.07) is 18.0. The van der Waals surface area contributed by atoms with Crippen LogP contribution in [0.15, 0.2) is 66.7 Å². The number of hydrogen-bond donors (Lipinski definition) is 3. The molecule has 3 aromatic carbocycles. The van der Waals surface area contributed by atoms with E-state index >= 15 is 0 Å². The molecule has 1 saturated heterocycles. The molecule has 1 aliphatic heterocycles. The summed E-state index contributed by atoms with van der Waals surface area (Å²) in [6.07, 6.45) is 4.26. The van der Waals surface area contributed by atoms with Gasteiger partial charge in [-0.15, -0.1) is 0 Å². The Morgan fingerprint density at radius 3 is 2.17 bits per heavy atom. The van der Waals surface area contributed by atoms with Crippen molar-refractivity contribution in [2.75, 3.05) is 36.4 Å². The van der Waals surface area contributed by atoms with Crippen molar-refractivity contribution in [3.05, 3.63) is 94.8 Å². The maximum atomic E-state index is 13.5. The number of nitrogens with one attached hydrogen (secondary N) is 2. The topological polar surface area (TPSA) is 143 Å². The standard InChI is InChI=1S/C35H36FN5O5/c36-28-13-10-24(11-14-28)29(21-32(42)43)38-34(45)27-12-15-31(30(20-27)39-33(44)25-4-2-1-3-5-25)40-16-18-41(19-17-40)35(46)26-8-6-23(22-37)7-9-26/h6-15,20,25,29H,1-5,16-19,21H2,(H,38,45)(H,39,44)(H,42,43). The van der Waals surface area contributed by atoms with Crippen LogP contribution >= 0.6 is 0 Å². The van der Waals surface area contributed by atoms with Crippen LogP contribution in [0.5, 0.6) is 0 Å². The molecule has 2 fully saturated rings. The molecule has 10 nitrogen and oxygen atoms in total. The number of anilines is 2. The van der Waals surface area contributed by atoms with Gasteiger partial charge in [0.25, 0.3) is 11.8 Å². The van der Waals surface area contributed by atoms with Crippen LogP contribution in [0.2, 0.25) is 0 Å². The molecule has 2 aliphatic rings. The van der Waals surface area contributed by atoms with Crippen LogP contribution in [0, 0.1) is 23.1 Å². The fraction of sp³-hybridized carbons (Fsp3) is 0.343. The predicted octanol–water partition coefficient (Wildman–Crippen LogP) is 5.12. The molecule has 5 rings (SSSR count). The summed E-state index contributed by atoms with van der Waals surface area (Å²) in [5, 5.41) is 24.3. The van der Waals surface area contributed by atoms with E-state index in [1.807, 2.05) is 0 Å². The molecular weight excluding hydrogens is 589 g/mol. The number of aliphatic carboxylic acids is 1. The molecule has 0 radical (unpaired) electrons. The molecular formula is C35H36FN5O5. The minimum Gasteiger partial charge on any atom is -0.481 e. The second-order valence-electron chi connectivity index (χ2n) is 11.7. The second-order valence-corrected chi connectivity index (χ2v) is 11.7. The van der Waals surface area contributed by atoms with Crippen molar-refractivity contribution in [1.29, 1.82) is 5.26 Å². The van der Waals surface area contributed by atoms with Crippen LogP contribution in [-0.4, -0.2) is 59.9 Å². The maximum absolute atomic E-state index is 13.5. The monoisotopic (exact) mass is 625 g/mol. The largest absolute Gasteiger partial charge is 0.481 e. The van der Waals surface area contributed by atoms with Crippen molar-refractivity contribution in [2.24, 2.45) is 5.92 Å². The lowest BCUT2D eigenvalue weighted by atomic mass is 9.88. The lowest BCUT2D eigenvalue weighted by Crippen LogP contribution is -2.49. The van der Waals surface area contributed by atoms with Gasteiger partial charge >= 0.3 is 5.97 Å². The lowest BCUT2D eigenvalue weighted by molar-refractivity contribution is -0.137. The van der Waals surface area contributed by atoms with E-state index in [0.717, 1.165) is 32.1 Å². The molecule has 1 heterocycles. The Bertz CT molecular complexity index is 1620. The van der Waals surface area contributed by atoms with E-state index < -0.39 is 30.2 Å². The molecule has 0 aromatic heterocycles. The fourth-order valence-corrected chi connectivity index (χ4v) is 6.04. The van der Waals surface area contributed by atoms with Crippen LogP contribution in [0.3, 0.4) is 0 Å². The average molecular weight is 626 g/mol. The zero-order chi connectivity index (χ0) is 32.6. The summed E-state index contributed by atoms with van der Waals surface area (Å²) in [5.41, 5.74) is 2.85. The van der Waals surface area contributed by atoms with Crippen molar-refractivity contribution >= 4 is 35.1 Å². The number of hydrogen-bond acceptors (Lipinski definition) is 6. The summed E-state index contributed by atoms with van der Waals surface area (Å²) < 4.78 is 13.5. The maximum Gasteiger partial charge on any atom is 0.305 e.